The Balaban J connectivity index is 2.05. The Morgan fingerprint density at radius 3 is 2.79 bits per heavy atom. The summed E-state index contributed by atoms with van der Waals surface area (Å²) in [5.74, 6) is -0.253. The zero-order chi connectivity index (χ0) is 13.4. The molecule has 0 spiro atoms. The minimum absolute atomic E-state index is 0.253. The van der Waals surface area contributed by atoms with E-state index in [9.17, 15) is 4.39 Å². The summed E-state index contributed by atoms with van der Waals surface area (Å²) in [5.41, 5.74) is 9.68. The molecule has 19 heavy (non-hydrogen) atoms. The Morgan fingerprint density at radius 2 is 1.95 bits per heavy atom. The zero-order valence-corrected chi connectivity index (χ0v) is 10.7. The Bertz CT molecular complexity index is 744. The first-order chi connectivity index (χ1) is 9.13. The van der Waals surface area contributed by atoms with E-state index in [4.69, 9.17) is 5.73 Å². The number of halogens is 1. The van der Waals surface area contributed by atoms with Gasteiger partial charge in [0.15, 0.2) is 0 Å². The largest absolute Gasteiger partial charge is 0.398 e. The van der Waals surface area contributed by atoms with Crippen molar-refractivity contribution in [3.63, 3.8) is 0 Å². The topological polar surface area (TPSA) is 30.9 Å². The van der Waals surface area contributed by atoms with Crippen LogP contribution in [0.25, 0.3) is 10.9 Å². The summed E-state index contributed by atoms with van der Waals surface area (Å²) < 4.78 is 15.4. The number of anilines is 1. The maximum atomic E-state index is 13.3. The number of benzene rings is 2. The maximum Gasteiger partial charge on any atom is 0.123 e. The maximum absolute atomic E-state index is 13.3. The molecule has 2 N–H and O–H groups in total. The van der Waals surface area contributed by atoms with Crippen LogP contribution in [-0.2, 0) is 6.54 Å². The average molecular weight is 254 g/mol. The highest BCUT2D eigenvalue weighted by Gasteiger charge is 2.05. The molecule has 96 valence electrons. The summed E-state index contributed by atoms with van der Waals surface area (Å²) in [5, 5.41) is 1.18. The van der Waals surface area contributed by atoms with Crippen LogP contribution in [0.5, 0.6) is 0 Å². The molecule has 3 heteroatoms. The van der Waals surface area contributed by atoms with Crippen LogP contribution in [0.15, 0.2) is 48.7 Å². The van der Waals surface area contributed by atoms with Gasteiger partial charge in [-0.05, 0) is 53.8 Å². The average Bonchev–Trinajstić information content (AvgIpc) is 2.77. The lowest BCUT2D eigenvalue weighted by Crippen LogP contribution is -2.02. The molecule has 0 aliphatic heterocycles. The number of nitrogens with two attached hydrogens (primary N) is 1. The predicted octanol–water partition coefficient (Wildman–Crippen LogP) is 3.72. The first-order valence-corrected chi connectivity index (χ1v) is 6.23. The number of nitrogens with zero attached hydrogens (tertiary/aromatic N) is 1. The van der Waals surface area contributed by atoms with Gasteiger partial charge in [0.05, 0.1) is 0 Å². The third kappa shape index (κ3) is 2.19. The van der Waals surface area contributed by atoms with Gasteiger partial charge in [-0.3, -0.25) is 0 Å². The van der Waals surface area contributed by atoms with Crippen molar-refractivity contribution in [1.82, 2.24) is 4.57 Å². The molecular formula is C16H15FN2. The van der Waals surface area contributed by atoms with Crippen LogP contribution >= 0.6 is 0 Å². The van der Waals surface area contributed by atoms with Gasteiger partial charge in [-0.1, -0.05) is 12.1 Å². The zero-order valence-electron chi connectivity index (χ0n) is 10.7. The van der Waals surface area contributed by atoms with E-state index in [0.29, 0.717) is 12.2 Å². The molecule has 0 atom stereocenters. The Kier molecular flexibility index (Phi) is 2.75. The molecule has 0 fully saturated rings. The van der Waals surface area contributed by atoms with Gasteiger partial charge in [-0.2, -0.15) is 0 Å². The van der Waals surface area contributed by atoms with Gasteiger partial charge in [-0.25, -0.2) is 4.39 Å². The third-order valence-electron chi connectivity index (χ3n) is 3.38. The molecule has 0 amide bonds. The fourth-order valence-corrected chi connectivity index (χ4v) is 2.33. The third-order valence-corrected chi connectivity index (χ3v) is 3.38. The van der Waals surface area contributed by atoms with Gasteiger partial charge in [0.1, 0.15) is 5.82 Å². The Hall–Kier alpha value is -2.29. The van der Waals surface area contributed by atoms with Crippen molar-refractivity contribution in [3.8, 4) is 0 Å². The van der Waals surface area contributed by atoms with Crippen molar-refractivity contribution in [2.75, 3.05) is 5.73 Å². The lowest BCUT2D eigenvalue weighted by atomic mass is 10.1. The SMILES string of the molecule is Cc1ccc2ccn(Cc3cc(F)ccc3N)c2c1. The predicted molar refractivity (Wildman–Crippen MR) is 76.6 cm³/mol. The molecule has 1 aromatic heterocycles. The molecule has 2 nitrogen and oxygen atoms in total. The monoisotopic (exact) mass is 254 g/mol. The second kappa shape index (κ2) is 4.43. The van der Waals surface area contributed by atoms with Crippen molar-refractivity contribution in [3.05, 3.63) is 65.6 Å². The highest BCUT2D eigenvalue weighted by Crippen LogP contribution is 2.21. The summed E-state index contributed by atoms with van der Waals surface area (Å²) in [6, 6.07) is 12.9. The van der Waals surface area contributed by atoms with Crippen LogP contribution < -0.4 is 5.73 Å². The Morgan fingerprint density at radius 1 is 1.11 bits per heavy atom. The fraction of sp³-hybridized carbons (Fsp3) is 0.125. The second-order valence-electron chi connectivity index (χ2n) is 4.85. The number of rotatable bonds is 2. The van der Waals surface area contributed by atoms with Crippen LogP contribution in [0.3, 0.4) is 0 Å². The van der Waals surface area contributed by atoms with E-state index in [2.05, 4.69) is 35.8 Å². The quantitative estimate of drug-likeness (QED) is 0.694. The molecule has 0 saturated heterocycles. The number of nitrogen functional groups attached to an aromatic ring is 1. The minimum atomic E-state index is -0.253. The number of hydrogen-bond acceptors (Lipinski definition) is 1. The van der Waals surface area contributed by atoms with Gasteiger partial charge in [0, 0.05) is 23.9 Å². The molecule has 0 aliphatic carbocycles. The van der Waals surface area contributed by atoms with Gasteiger partial charge in [0.25, 0.3) is 0 Å². The summed E-state index contributed by atoms with van der Waals surface area (Å²) >= 11 is 0. The first-order valence-electron chi connectivity index (χ1n) is 6.23. The normalized spacial score (nSPS) is 11.1. The van der Waals surface area contributed by atoms with E-state index >= 15 is 0 Å². The first kappa shape index (κ1) is 11.8. The molecule has 3 rings (SSSR count). The number of aryl methyl sites for hydroxylation is 1. The van der Waals surface area contributed by atoms with Crippen molar-refractivity contribution in [2.45, 2.75) is 13.5 Å². The second-order valence-corrected chi connectivity index (χ2v) is 4.85. The van der Waals surface area contributed by atoms with Crippen LogP contribution in [0, 0.1) is 12.7 Å². The molecule has 2 aromatic carbocycles. The van der Waals surface area contributed by atoms with E-state index in [1.54, 1.807) is 6.07 Å². The van der Waals surface area contributed by atoms with Gasteiger partial charge < -0.3 is 10.3 Å². The van der Waals surface area contributed by atoms with Crippen molar-refractivity contribution in [1.29, 1.82) is 0 Å². The highest BCUT2D eigenvalue weighted by molar-refractivity contribution is 5.81. The van der Waals surface area contributed by atoms with Gasteiger partial charge in [0.2, 0.25) is 0 Å². The van der Waals surface area contributed by atoms with Gasteiger partial charge >= 0.3 is 0 Å². The van der Waals surface area contributed by atoms with Crippen molar-refractivity contribution < 1.29 is 4.39 Å². The summed E-state index contributed by atoms with van der Waals surface area (Å²) in [6.07, 6.45) is 2.01. The van der Waals surface area contributed by atoms with Crippen molar-refractivity contribution in [2.24, 2.45) is 0 Å². The van der Waals surface area contributed by atoms with Crippen LogP contribution in [0.1, 0.15) is 11.1 Å². The van der Waals surface area contributed by atoms with Crippen LogP contribution in [0.4, 0.5) is 10.1 Å². The smallest absolute Gasteiger partial charge is 0.123 e. The standard InChI is InChI=1S/C16H15FN2/c1-11-2-3-12-6-7-19(16(12)8-11)10-13-9-14(17)4-5-15(13)18/h2-9H,10,18H2,1H3. The van der Waals surface area contributed by atoms with E-state index in [-0.39, 0.29) is 5.82 Å². The molecule has 0 bridgehead atoms. The fourth-order valence-electron chi connectivity index (χ4n) is 2.33. The minimum Gasteiger partial charge on any atom is -0.398 e. The molecule has 1 heterocycles. The summed E-state index contributed by atoms with van der Waals surface area (Å²) in [7, 11) is 0. The molecule has 0 unspecified atom stereocenters. The van der Waals surface area contributed by atoms with Crippen LogP contribution in [0.2, 0.25) is 0 Å². The van der Waals surface area contributed by atoms with E-state index < -0.39 is 0 Å². The van der Waals surface area contributed by atoms with Gasteiger partial charge in [-0.15, -0.1) is 0 Å². The molecule has 3 aromatic rings. The summed E-state index contributed by atoms with van der Waals surface area (Å²) in [4.78, 5) is 0. The molecule has 0 saturated carbocycles. The van der Waals surface area contributed by atoms with Crippen molar-refractivity contribution >= 4 is 16.6 Å². The van der Waals surface area contributed by atoms with E-state index in [1.165, 1.54) is 23.1 Å². The Labute approximate surface area is 111 Å². The number of aromatic nitrogens is 1. The molecular weight excluding hydrogens is 239 g/mol. The van der Waals surface area contributed by atoms with E-state index in [1.807, 2.05) is 6.20 Å². The molecule has 0 radical (unpaired) electrons. The van der Waals surface area contributed by atoms with Crippen LogP contribution in [-0.4, -0.2) is 4.57 Å². The number of fused-ring (bicyclic) bond motifs is 1. The lowest BCUT2D eigenvalue weighted by molar-refractivity contribution is 0.624. The molecule has 0 aliphatic rings. The summed E-state index contributed by atoms with van der Waals surface area (Å²) in [6.45, 7) is 2.64. The van der Waals surface area contributed by atoms with E-state index in [0.717, 1.165) is 11.1 Å². The highest BCUT2D eigenvalue weighted by atomic mass is 19.1. The number of hydrogen-bond donors (Lipinski definition) is 1. The lowest BCUT2D eigenvalue weighted by Gasteiger charge is -2.09.